The highest BCUT2D eigenvalue weighted by molar-refractivity contribution is 7.47. The van der Waals surface area contributed by atoms with Gasteiger partial charge in [-0.25, -0.2) is 9.13 Å². The topological polar surface area (TPSA) is 237 Å². The fourth-order valence-corrected chi connectivity index (χ4v) is 13.8. The number of aliphatic hydroxyl groups excluding tert-OH is 1. The van der Waals surface area contributed by atoms with Crippen molar-refractivity contribution in [1.82, 2.24) is 0 Å². The molecule has 0 heterocycles. The quantitative estimate of drug-likeness (QED) is 0.0222. The van der Waals surface area contributed by atoms with E-state index in [9.17, 15) is 43.2 Å². The Labute approximate surface area is 600 Å². The van der Waals surface area contributed by atoms with Crippen LogP contribution in [0.25, 0.3) is 0 Å². The van der Waals surface area contributed by atoms with Crippen molar-refractivity contribution in [2.45, 2.75) is 438 Å². The molecule has 17 nitrogen and oxygen atoms in total. The van der Waals surface area contributed by atoms with Gasteiger partial charge in [0, 0.05) is 25.7 Å². The molecule has 0 aromatic heterocycles. The first kappa shape index (κ1) is 96.1. The molecular formula is C79H154O17P2. The van der Waals surface area contributed by atoms with Gasteiger partial charge in [-0.2, -0.15) is 0 Å². The van der Waals surface area contributed by atoms with Crippen molar-refractivity contribution in [3.05, 3.63) is 0 Å². The smallest absolute Gasteiger partial charge is 0.462 e. The Hall–Kier alpha value is -1.94. The normalized spacial score (nSPS) is 13.9. The van der Waals surface area contributed by atoms with E-state index >= 15 is 0 Å². The summed E-state index contributed by atoms with van der Waals surface area (Å²) in [6, 6.07) is 0. The Morgan fingerprint density at radius 1 is 0.276 bits per heavy atom. The van der Waals surface area contributed by atoms with Gasteiger partial charge in [-0.3, -0.25) is 37.3 Å². The molecule has 0 spiro atoms. The molecule has 0 saturated carbocycles. The summed E-state index contributed by atoms with van der Waals surface area (Å²) in [6.07, 6.45) is 62.2. The molecule has 0 aromatic carbocycles. The molecule has 0 bridgehead atoms. The first-order valence-corrected chi connectivity index (χ1v) is 44.1. The van der Waals surface area contributed by atoms with Gasteiger partial charge in [0.15, 0.2) is 12.2 Å². The van der Waals surface area contributed by atoms with Gasteiger partial charge < -0.3 is 33.8 Å². The zero-order chi connectivity index (χ0) is 71.9. The van der Waals surface area contributed by atoms with Gasteiger partial charge in [0.1, 0.15) is 19.3 Å². The number of hydrogen-bond donors (Lipinski definition) is 3. The number of phosphoric acid groups is 2. The van der Waals surface area contributed by atoms with E-state index in [1.165, 1.54) is 244 Å². The first-order chi connectivity index (χ1) is 47.5. The zero-order valence-electron chi connectivity index (χ0n) is 63.9. The monoisotopic (exact) mass is 1440 g/mol. The lowest BCUT2D eigenvalue weighted by molar-refractivity contribution is -0.161. The highest BCUT2D eigenvalue weighted by Crippen LogP contribution is 2.45. The Morgan fingerprint density at radius 2 is 0.469 bits per heavy atom. The number of hydrogen-bond acceptors (Lipinski definition) is 15. The predicted molar refractivity (Wildman–Crippen MR) is 400 cm³/mol. The number of unbranched alkanes of at least 4 members (excludes halogenated alkanes) is 51. The third-order valence-electron chi connectivity index (χ3n) is 18.5. The zero-order valence-corrected chi connectivity index (χ0v) is 65.7. The van der Waals surface area contributed by atoms with Crippen LogP contribution >= 0.6 is 15.6 Å². The molecule has 98 heavy (non-hydrogen) atoms. The van der Waals surface area contributed by atoms with E-state index in [4.69, 9.17) is 37.0 Å². The Kier molecular flexibility index (Phi) is 70.6. The second-order valence-electron chi connectivity index (χ2n) is 28.9. The van der Waals surface area contributed by atoms with Gasteiger partial charge in [-0.1, -0.05) is 369 Å². The fourth-order valence-electron chi connectivity index (χ4n) is 12.2. The van der Waals surface area contributed by atoms with Crippen molar-refractivity contribution >= 4 is 39.5 Å². The van der Waals surface area contributed by atoms with Gasteiger partial charge >= 0.3 is 39.5 Å². The molecule has 0 rings (SSSR count). The summed E-state index contributed by atoms with van der Waals surface area (Å²) in [5.74, 6) is -1.32. The molecule has 0 saturated heterocycles. The first-order valence-electron chi connectivity index (χ1n) is 41.1. The standard InChI is InChI=1S/C79H154O17P2/c1-6-9-12-15-18-21-24-27-29-31-33-40-45-50-55-60-65-79(84)96-75(69-90-77(82)63-58-53-48-43-38-35-34-36-41-46-51-56-61-72(4)5)71-94-98(87,88)92-67-73(80)66-91-97(85,86)93-70-74(68-89-76(81)62-57-52-47-42-37-26-23-20-17-14-11-8-3)95-78(83)64-59-54-49-44-39-32-30-28-25-22-19-16-13-10-7-2/h72-75,80H,6-71H2,1-5H3,(H,85,86)(H,87,88)/t73-,74+,75+/m0/s1. The SMILES string of the molecule is CCCCCCCCCCCCCCCCCCC(=O)O[C@H](COC(=O)CCCCCCCCCCCCCCC(C)C)COP(=O)(O)OC[C@@H](O)COP(=O)(O)OC[C@@H](COC(=O)CCCCCCCCCCCCCC)OC(=O)CCCCCCCCCCCCCCCCC. The van der Waals surface area contributed by atoms with Gasteiger partial charge in [0.2, 0.25) is 0 Å². The molecule has 582 valence electrons. The van der Waals surface area contributed by atoms with Crippen molar-refractivity contribution in [2.75, 3.05) is 39.6 Å². The minimum absolute atomic E-state index is 0.109. The Balaban J connectivity index is 5.26. The molecule has 0 aliphatic heterocycles. The third-order valence-corrected chi connectivity index (χ3v) is 20.4. The fraction of sp³-hybridized carbons (Fsp3) is 0.949. The maximum Gasteiger partial charge on any atom is 0.472 e. The number of aliphatic hydroxyl groups is 1. The van der Waals surface area contributed by atoms with Crippen LogP contribution in [0.3, 0.4) is 0 Å². The van der Waals surface area contributed by atoms with E-state index in [1.54, 1.807) is 0 Å². The molecule has 2 unspecified atom stereocenters. The van der Waals surface area contributed by atoms with E-state index in [0.717, 1.165) is 95.8 Å². The van der Waals surface area contributed by atoms with E-state index in [0.29, 0.717) is 25.7 Å². The van der Waals surface area contributed by atoms with Crippen molar-refractivity contribution in [1.29, 1.82) is 0 Å². The Morgan fingerprint density at radius 3 is 0.694 bits per heavy atom. The summed E-state index contributed by atoms with van der Waals surface area (Å²) in [7, 11) is -9.92. The summed E-state index contributed by atoms with van der Waals surface area (Å²) >= 11 is 0. The van der Waals surface area contributed by atoms with Gasteiger partial charge in [0.05, 0.1) is 26.4 Å². The minimum Gasteiger partial charge on any atom is -0.462 e. The van der Waals surface area contributed by atoms with Crippen LogP contribution in [0.15, 0.2) is 0 Å². The van der Waals surface area contributed by atoms with Crippen LogP contribution in [-0.2, 0) is 65.4 Å². The predicted octanol–water partition coefficient (Wildman–Crippen LogP) is 23.6. The highest BCUT2D eigenvalue weighted by atomic mass is 31.2. The average molecular weight is 1440 g/mol. The van der Waals surface area contributed by atoms with Crippen LogP contribution in [0.2, 0.25) is 0 Å². The van der Waals surface area contributed by atoms with Crippen LogP contribution in [-0.4, -0.2) is 96.7 Å². The Bertz CT molecular complexity index is 1870. The average Bonchev–Trinajstić information content (AvgIpc) is 1.10. The highest BCUT2D eigenvalue weighted by Gasteiger charge is 2.30. The summed E-state index contributed by atoms with van der Waals surface area (Å²) in [6.45, 7) is 7.34. The van der Waals surface area contributed by atoms with Crippen LogP contribution in [0, 0.1) is 5.92 Å². The molecule has 0 aliphatic rings. The molecule has 5 atom stereocenters. The van der Waals surface area contributed by atoms with Gasteiger partial charge in [0.25, 0.3) is 0 Å². The number of ether oxygens (including phenoxy) is 4. The van der Waals surface area contributed by atoms with E-state index in [1.807, 2.05) is 0 Å². The van der Waals surface area contributed by atoms with E-state index in [-0.39, 0.29) is 25.7 Å². The maximum atomic E-state index is 13.1. The summed E-state index contributed by atoms with van der Waals surface area (Å²) in [4.78, 5) is 73.0. The summed E-state index contributed by atoms with van der Waals surface area (Å²) < 4.78 is 68.7. The maximum absolute atomic E-state index is 13.1. The van der Waals surface area contributed by atoms with Crippen molar-refractivity contribution in [3.63, 3.8) is 0 Å². The second-order valence-corrected chi connectivity index (χ2v) is 31.8. The molecule has 0 aromatic rings. The number of phosphoric ester groups is 2. The largest absolute Gasteiger partial charge is 0.472 e. The lowest BCUT2D eigenvalue weighted by Gasteiger charge is -2.21. The molecule has 3 N–H and O–H groups in total. The second kappa shape index (κ2) is 72.0. The number of carbonyl (C=O) groups is 4. The van der Waals surface area contributed by atoms with Crippen molar-refractivity contribution < 1.29 is 80.2 Å². The summed E-state index contributed by atoms with van der Waals surface area (Å²) in [5.41, 5.74) is 0. The van der Waals surface area contributed by atoms with Crippen LogP contribution in [0.1, 0.15) is 420 Å². The third kappa shape index (κ3) is 72.4. The van der Waals surface area contributed by atoms with Gasteiger partial charge in [-0.05, 0) is 31.6 Å². The molecule has 0 radical (unpaired) electrons. The number of esters is 4. The molecule has 0 fully saturated rings. The van der Waals surface area contributed by atoms with Gasteiger partial charge in [-0.15, -0.1) is 0 Å². The summed E-state index contributed by atoms with van der Waals surface area (Å²) in [5, 5.41) is 10.6. The number of rotatable bonds is 79. The van der Waals surface area contributed by atoms with Crippen molar-refractivity contribution in [3.8, 4) is 0 Å². The lowest BCUT2D eigenvalue weighted by Crippen LogP contribution is -2.30. The van der Waals surface area contributed by atoms with Crippen molar-refractivity contribution in [2.24, 2.45) is 5.92 Å². The minimum atomic E-state index is -4.96. The van der Waals surface area contributed by atoms with Crippen LogP contribution in [0.4, 0.5) is 0 Å². The van der Waals surface area contributed by atoms with Crippen LogP contribution in [0.5, 0.6) is 0 Å². The van der Waals surface area contributed by atoms with E-state index in [2.05, 4.69) is 34.6 Å². The molecule has 19 heteroatoms. The van der Waals surface area contributed by atoms with Crippen LogP contribution < -0.4 is 0 Å². The molecule has 0 amide bonds. The molecular weight excluding hydrogens is 1280 g/mol. The molecule has 0 aliphatic carbocycles. The van der Waals surface area contributed by atoms with E-state index < -0.39 is 97.5 Å². The lowest BCUT2D eigenvalue weighted by atomic mass is 10.0. The number of carbonyl (C=O) groups excluding carboxylic acids is 4.